The Hall–Kier alpha value is -1.36. The van der Waals surface area contributed by atoms with Crippen molar-refractivity contribution in [2.45, 2.75) is 19.3 Å². The van der Waals surface area contributed by atoms with Crippen LogP contribution in [0.4, 0.5) is 0 Å². The van der Waals surface area contributed by atoms with E-state index in [2.05, 4.69) is 10.3 Å². The Labute approximate surface area is 89.1 Å². The smallest absolute Gasteiger partial charge is 0.303 e. The Morgan fingerprint density at radius 2 is 2.40 bits per heavy atom. The molecule has 0 radical (unpaired) electrons. The molecule has 84 valence electrons. The highest BCUT2D eigenvalue weighted by Crippen LogP contribution is 1.94. The van der Waals surface area contributed by atoms with Gasteiger partial charge in [-0.1, -0.05) is 0 Å². The largest absolute Gasteiger partial charge is 0.481 e. The van der Waals surface area contributed by atoms with E-state index in [-0.39, 0.29) is 6.42 Å². The van der Waals surface area contributed by atoms with Crippen LogP contribution in [0.1, 0.15) is 18.7 Å². The summed E-state index contributed by atoms with van der Waals surface area (Å²) in [5.74, 6) is 0.307. The average Bonchev–Trinajstić information content (AvgIpc) is 2.57. The second-order valence-electron chi connectivity index (χ2n) is 3.45. The molecule has 0 aliphatic heterocycles. The lowest BCUT2D eigenvalue weighted by Gasteiger charge is -2.03. The van der Waals surface area contributed by atoms with Gasteiger partial charge in [-0.25, -0.2) is 4.98 Å². The molecule has 15 heavy (non-hydrogen) atoms. The molecule has 1 aromatic rings. The highest BCUT2D eigenvalue weighted by atomic mass is 16.4. The van der Waals surface area contributed by atoms with Gasteiger partial charge in [0, 0.05) is 38.8 Å². The highest BCUT2D eigenvalue weighted by Gasteiger charge is 1.99. The first-order valence-corrected chi connectivity index (χ1v) is 5.09. The molecule has 0 atom stereocenters. The normalized spacial score (nSPS) is 10.5. The maximum atomic E-state index is 10.2. The molecule has 0 bridgehead atoms. The van der Waals surface area contributed by atoms with Gasteiger partial charge in [-0.2, -0.15) is 0 Å². The summed E-state index contributed by atoms with van der Waals surface area (Å²) in [4.78, 5) is 14.4. The van der Waals surface area contributed by atoms with E-state index in [0.29, 0.717) is 6.42 Å². The Kier molecular flexibility index (Phi) is 4.83. The Balaban J connectivity index is 2.03. The Bertz CT molecular complexity index is 309. The van der Waals surface area contributed by atoms with Crippen LogP contribution in [0.25, 0.3) is 0 Å². The molecule has 1 aromatic heterocycles. The van der Waals surface area contributed by atoms with Crippen molar-refractivity contribution in [1.29, 1.82) is 0 Å². The summed E-state index contributed by atoms with van der Waals surface area (Å²) < 4.78 is 1.99. The van der Waals surface area contributed by atoms with E-state index in [0.717, 1.165) is 25.3 Å². The minimum absolute atomic E-state index is 0.232. The summed E-state index contributed by atoms with van der Waals surface area (Å²) in [6.07, 6.45) is 5.47. The third-order valence-corrected chi connectivity index (χ3v) is 2.19. The zero-order valence-corrected chi connectivity index (χ0v) is 8.94. The molecule has 0 saturated heterocycles. The fraction of sp³-hybridized carbons (Fsp3) is 0.600. The van der Waals surface area contributed by atoms with Gasteiger partial charge in [-0.15, -0.1) is 0 Å². The predicted molar refractivity (Wildman–Crippen MR) is 56.7 cm³/mol. The number of nitrogens with one attached hydrogen (secondary N) is 1. The van der Waals surface area contributed by atoms with Gasteiger partial charge in [0.05, 0.1) is 0 Å². The number of carbonyl (C=O) groups is 1. The van der Waals surface area contributed by atoms with Crippen molar-refractivity contribution >= 4 is 5.97 Å². The number of aliphatic carboxylic acids is 1. The fourth-order valence-corrected chi connectivity index (χ4v) is 1.33. The minimum atomic E-state index is -0.735. The van der Waals surface area contributed by atoms with Gasteiger partial charge in [0.1, 0.15) is 5.82 Å². The molecule has 1 heterocycles. The van der Waals surface area contributed by atoms with Crippen LogP contribution in [-0.2, 0) is 18.3 Å². The first kappa shape index (κ1) is 11.7. The molecule has 0 aliphatic rings. The number of rotatable bonds is 7. The average molecular weight is 211 g/mol. The Morgan fingerprint density at radius 1 is 1.60 bits per heavy atom. The molecule has 0 saturated carbocycles. The van der Waals surface area contributed by atoms with Gasteiger partial charge in [0.15, 0.2) is 0 Å². The maximum Gasteiger partial charge on any atom is 0.303 e. The first-order valence-electron chi connectivity index (χ1n) is 5.09. The van der Waals surface area contributed by atoms with E-state index in [1.807, 2.05) is 17.8 Å². The van der Waals surface area contributed by atoms with Gasteiger partial charge >= 0.3 is 5.97 Å². The van der Waals surface area contributed by atoms with Crippen LogP contribution in [0.5, 0.6) is 0 Å². The quantitative estimate of drug-likeness (QED) is 0.641. The van der Waals surface area contributed by atoms with Crippen LogP contribution in [0.15, 0.2) is 12.4 Å². The number of nitrogens with zero attached hydrogens (tertiary/aromatic N) is 2. The van der Waals surface area contributed by atoms with Crippen molar-refractivity contribution in [2.75, 3.05) is 13.1 Å². The molecule has 1 rings (SSSR count). The third kappa shape index (κ3) is 4.60. The van der Waals surface area contributed by atoms with E-state index >= 15 is 0 Å². The molecular formula is C10H17N3O2. The molecule has 0 amide bonds. The summed E-state index contributed by atoms with van der Waals surface area (Å²) in [6.45, 7) is 1.58. The van der Waals surface area contributed by atoms with Gasteiger partial charge in [-0.05, 0) is 13.0 Å². The van der Waals surface area contributed by atoms with Gasteiger partial charge < -0.3 is 15.0 Å². The molecule has 5 nitrogen and oxygen atoms in total. The van der Waals surface area contributed by atoms with Crippen LogP contribution in [-0.4, -0.2) is 33.7 Å². The minimum Gasteiger partial charge on any atom is -0.481 e. The maximum absolute atomic E-state index is 10.2. The number of carboxylic acids is 1. The van der Waals surface area contributed by atoms with E-state index < -0.39 is 5.97 Å². The zero-order valence-electron chi connectivity index (χ0n) is 8.94. The summed E-state index contributed by atoms with van der Waals surface area (Å²) in [5.41, 5.74) is 0. The number of hydrogen-bond acceptors (Lipinski definition) is 3. The van der Waals surface area contributed by atoms with Crippen LogP contribution in [0.2, 0.25) is 0 Å². The standard InChI is InChI=1S/C10H17N3O2/c1-13-8-7-12-9(13)4-6-11-5-2-3-10(14)15/h7-8,11H,2-6H2,1H3,(H,14,15). The monoisotopic (exact) mass is 211 g/mol. The van der Waals surface area contributed by atoms with Crippen LogP contribution < -0.4 is 5.32 Å². The molecule has 0 aromatic carbocycles. The van der Waals surface area contributed by atoms with Crippen molar-refractivity contribution in [3.05, 3.63) is 18.2 Å². The molecule has 0 spiro atoms. The molecule has 2 N–H and O–H groups in total. The molecule has 5 heteroatoms. The van der Waals surface area contributed by atoms with Crippen molar-refractivity contribution in [3.8, 4) is 0 Å². The number of hydrogen-bond donors (Lipinski definition) is 2. The Morgan fingerprint density at radius 3 is 3.00 bits per heavy atom. The third-order valence-electron chi connectivity index (χ3n) is 2.19. The summed E-state index contributed by atoms with van der Waals surface area (Å²) in [6, 6.07) is 0. The predicted octanol–water partition coefficient (Wildman–Crippen LogP) is 0.417. The van der Waals surface area contributed by atoms with Crippen LogP contribution in [0.3, 0.4) is 0 Å². The SMILES string of the molecule is Cn1ccnc1CCNCCCC(=O)O. The van der Waals surface area contributed by atoms with Crippen molar-refractivity contribution in [2.24, 2.45) is 7.05 Å². The fourth-order valence-electron chi connectivity index (χ4n) is 1.33. The molecule has 0 unspecified atom stereocenters. The lowest BCUT2D eigenvalue weighted by Crippen LogP contribution is -2.20. The second kappa shape index (κ2) is 6.19. The van der Waals surface area contributed by atoms with E-state index in [1.165, 1.54) is 0 Å². The van der Waals surface area contributed by atoms with Crippen molar-refractivity contribution in [3.63, 3.8) is 0 Å². The molecule has 0 fully saturated rings. The van der Waals surface area contributed by atoms with E-state index in [4.69, 9.17) is 5.11 Å². The topological polar surface area (TPSA) is 67.2 Å². The van der Waals surface area contributed by atoms with E-state index in [1.54, 1.807) is 6.20 Å². The van der Waals surface area contributed by atoms with Crippen molar-refractivity contribution in [1.82, 2.24) is 14.9 Å². The number of imidazole rings is 1. The van der Waals surface area contributed by atoms with Gasteiger partial charge in [0.2, 0.25) is 0 Å². The number of aromatic nitrogens is 2. The second-order valence-corrected chi connectivity index (χ2v) is 3.45. The lowest BCUT2D eigenvalue weighted by molar-refractivity contribution is -0.137. The number of carboxylic acid groups (broad SMARTS) is 1. The lowest BCUT2D eigenvalue weighted by atomic mass is 10.3. The summed E-state index contributed by atoms with van der Waals surface area (Å²) in [5, 5.41) is 11.6. The zero-order chi connectivity index (χ0) is 11.1. The van der Waals surface area contributed by atoms with Crippen molar-refractivity contribution < 1.29 is 9.90 Å². The number of aryl methyl sites for hydroxylation is 1. The van der Waals surface area contributed by atoms with Gasteiger partial charge in [0.25, 0.3) is 0 Å². The summed E-state index contributed by atoms with van der Waals surface area (Å²) in [7, 11) is 1.97. The first-order chi connectivity index (χ1) is 7.20. The highest BCUT2D eigenvalue weighted by molar-refractivity contribution is 5.66. The summed E-state index contributed by atoms with van der Waals surface area (Å²) >= 11 is 0. The van der Waals surface area contributed by atoms with Crippen LogP contribution in [0, 0.1) is 0 Å². The van der Waals surface area contributed by atoms with E-state index in [9.17, 15) is 4.79 Å². The molecular weight excluding hydrogens is 194 g/mol. The molecule has 0 aliphatic carbocycles. The van der Waals surface area contributed by atoms with Gasteiger partial charge in [-0.3, -0.25) is 4.79 Å². The van der Waals surface area contributed by atoms with Crippen LogP contribution >= 0.6 is 0 Å².